The van der Waals surface area contributed by atoms with Crippen LogP contribution in [-0.4, -0.2) is 47.6 Å². The highest BCUT2D eigenvalue weighted by Crippen LogP contribution is 2.39. The molecule has 1 saturated heterocycles. The van der Waals surface area contributed by atoms with Crippen LogP contribution >= 0.6 is 0 Å². The zero-order valence-electron chi connectivity index (χ0n) is 19.1. The Bertz CT molecular complexity index is 1040. The molecule has 1 aromatic rings. The molecule has 0 spiro atoms. The van der Waals surface area contributed by atoms with Crippen molar-refractivity contribution in [2.45, 2.75) is 63.4 Å². The average molecular weight is 492 g/mol. The van der Waals surface area contributed by atoms with Crippen LogP contribution < -0.4 is 15.4 Å². The van der Waals surface area contributed by atoms with Crippen molar-refractivity contribution in [2.75, 3.05) is 13.1 Å². The molecule has 2 N–H and O–H groups in total. The third kappa shape index (κ3) is 6.44. The molecule has 35 heavy (non-hydrogen) atoms. The summed E-state index contributed by atoms with van der Waals surface area (Å²) >= 11 is 0. The van der Waals surface area contributed by atoms with Crippen molar-refractivity contribution < 1.29 is 32.3 Å². The van der Waals surface area contributed by atoms with E-state index in [2.05, 4.69) is 15.4 Å². The first-order chi connectivity index (χ1) is 16.6. The van der Waals surface area contributed by atoms with E-state index in [-0.39, 0.29) is 41.9 Å². The van der Waals surface area contributed by atoms with Crippen LogP contribution in [0.15, 0.2) is 18.2 Å². The Kier molecular flexibility index (Phi) is 6.92. The van der Waals surface area contributed by atoms with E-state index >= 15 is 0 Å². The first-order valence-corrected chi connectivity index (χ1v) is 11.8. The molecule has 3 amide bonds. The number of nitrogens with zero attached hydrogens (tertiary/aromatic N) is 2. The molecule has 0 unspecified atom stereocenters. The summed E-state index contributed by atoms with van der Waals surface area (Å²) in [5.41, 5.74) is -0.788. The van der Waals surface area contributed by atoms with Crippen LogP contribution in [0.1, 0.15) is 56.1 Å². The first-order valence-electron chi connectivity index (χ1n) is 11.8. The van der Waals surface area contributed by atoms with Crippen LogP contribution in [0.3, 0.4) is 0 Å². The van der Waals surface area contributed by atoms with E-state index in [0.29, 0.717) is 44.6 Å². The number of piperidine rings is 1. The summed E-state index contributed by atoms with van der Waals surface area (Å²) in [4.78, 5) is 39.8. The number of likely N-dealkylation sites (tertiary alicyclic amines) is 1. The fraction of sp³-hybridized carbons (Fsp3) is 0.583. The third-order valence-corrected chi connectivity index (χ3v) is 6.66. The quantitative estimate of drug-likeness (QED) is 0.580. The van der Waals surface area contributed by atoms with E-state index in [9.17, 15) is 27.6 Å². The predicted molar refractivity (Wildman–Crippen MR) is 116 cm³/mol. The Balaban J connectivity index is 1.34. The van der Waals surface area contributed by atoms with Crippen molar-refractivity contribution in [3.8, 4) is 11.8 Å². The van der Waals surface area contributed by atoms with Gasteiger partial charge in [0.2, 0.25) is 17.7 Å². The predicted octanol–water partition coefficient (Wildman–Crippen LogP) is 2.76. The minimum absolute atomic E-state index is 0.000936. The van der Waals surface area contributed by atoms with Crippen molar-refractivity contribution in [2.24, 2.45) is 11.8 Å². The molecule has 3 aliphatic rings. The van der Waals surface area contributed by atoms with E-state index in [1.807, 2.05) is 0 Å². The van der Waals surface area contributed by atoms with Crippen LogP contribution in [-0.2, 0) is 20.9 Å². The van der Waals surface area contributed by atoms with Gasteiger partial charge in [0.1, 0.15) is 11.3 Å². The number of nitrogens with one attached hydrogen (secondary N) is 2. The number of hydrogen-bond acceptors (Lipinski definition) is 5. The number of ether oxygens (including phenoxy) is 1. The molecule has 2 aliphatic carbocycles. The molecule has 0 aromatic heterocycles. The summed E-state index contributed by atoms with van der Waals surface area (Å²) < 4.78 is 42.3. The molecule has 4 rings (SSSR count). The van der Waals surface area contributed by atoms with Crippen LogP contribution in [0.25, 0.3) is 0 Å². The second kappa shape index (κ2) is 9.76. The number of rotatable bonds is 8. The summed E-state index contributed by atoms with van der Waals surface area (Å²) in [6.45, 7) is 0.452. The lowest BCUT2D eigenvalue weighted by molar-refractivity contribution is -0.274. The SMILES string of the molecule is N#Cc1ccc(CNC(=O)[C@@H]2CCCN(C(=O)C3(NC(=O)CC4CC4)CC3)C2)c(OC(F)(F)F)c1. The maximum absolute atomic E-state index is 13.1. The second-order valence-electron chi connectivity index (χ2n) is 9.57. The standard InChI is InChI=1S/C24H27F3N4O4/c25-24(26,27)35-19-10-16(12-28)5-6-17(19)13-29-21(33)18-2-1-9-31(14-18)22(34)23(7-8-23)30-20(32)11-15-3-4-15/h5-6,10,15,18H,1-4,7-9,11,13-14H2,(H,29,33)(H,30,32)/t18-/m1/s1. The minimum Gasteiger partial charge on any atom is -0.405 e. The fourth-order valence-electron chi connectivity index (χ4n) is 4.41. The average Bonchev–Trinajstić information content (AvgIpc) is 3.74. The lowest BCUT2D eigenvalue weighted by Gasteiger charge is -2.34. The molecular formula is C24H27F3N4O4. The van der Waals surface area contributed by atoms with Gasteiger partial charge in [-0.2, -0.15) is 5.26 Å². The van der Waals surface area contributed by atoms with Crippen LogP contribution in [0.4, 0.5) is 13.2 Å². The van der Waals surface area contributed by atoms with Gasteiger partial charge in [0.05, 0.1) is 17.6 Å². The number of carbonyl (C=O) groups is 3. The van der Waals surface area contributed by atoms with Gasteiger partial charge in [-0.25, -0.2) is 0 Å². The molecule has 1 aromatic carbocycles. The molecule has 0 radical (unpaired) electrons. The molecular weight excluding hydrogens is 465 g/mol. The van der Waals surface area contributed by atoms with Crippen molar-refractivity contribution in [3.63, 3.8) is 0 Å². The first kappa shape index (κ1) is 24.8. The number of alkyl halides is 3. The monoisotopic (exact) mass is 492 g/mol. The highest BCUT2D eigenvalue weighted by Gasteiger charge is 2.53. The lowest BCUT2D eigenvalue weighted by atomic mass is 9.96. The summed E-state index contributed by atoms with van der Waals surface area (Å²) in [7, 11) is 0. The van der Waals surface area contributed by atoms with Gasteiger partial charge in [0.15, 0.2) is 0 Å². The van der Waals surface area contributed by atoms with Crippen LogP contribution in [0.5, 0.6) is 5.75 Å². The van der Waals surface area contributed by atoms with E-state index in [1.165, 1.54) is 12.1 Å². The fourth-order valence-corrected chi connectivity index (χ4v) is 4.41. The Morgan fingerprint density at radius 3 is 2.57 bits per heavy atom. The van der Waals surface area contributed by atoms with Crippen LogP contribution in [0, 0.1) is 23.2 Å². The van der Waals surface area contributed by atoms with E-state index in [4.69, 9.17) is 5.26 Å². The molecule has 1 atom stereocenters. The maximum atomic E-state index is 13.1. The molecule has 1 heterocycles. The molecule has 0 bridgehead atoms. The maximum Gasteiger partial charge on any atom is 0.573 e. The number of carbonyl (C=O) groups excluding carboxylic acids is 3. The smallest absolute Gasteiger partial charge is 0.405 e. The Morgan fingerprint density at radius 1 is 1.20 bits per heavy atom. The van der Waals surface area contributed by atoms with Crippen molar-refractivity contribution in [3.05, 3.63) is 29.3 Å². The van der Waals surface area contributed by atoms with E-state index in [0.717, 1.165) is 18.9 Å². The molecule has 1 aliphatic heterocycles. The largest absolute Gasteiger partial charge is 0.573 e. The van der Waals surface area contributed by atoms with Crippen LogP contribution in [0.2, 0.25) is 0 Å². The molecule has 3 fully saturated rings. The topological polar surface area (TPSA) is 112 Å². The minimum atomic E-state index is -4.94. The summed E-state index contributed by atoms with van der Waals surface area (Å²) in [6.07, 6.45) is -0.107. The van der Waals surface area contributed by atoms with Crippen molar-refractivity contribution in [1.29, 1.82) is 5.26 Å². The van der Waals surface area contributed by atoms with E-state index in [1.54, 1.807) is 11.0 Å². The number of nitriles is 1. The second-order valence-corrected chi connectivity index (χ2v) is 9.57. The van der Waals surface area contributed by atoms with Gasteiger partial charge in [-0.1, -0.05) is 6.07 Å². The Morgan fingerprint density at radius 2 is 1.94 bits per heavy atom. The van der Waals surface area contributed by atoms with E-state index < -0.39 is 23.6 Å². The molecule has 11 heteroatoms. The normalized spacial score (nSPS) is 21.0. The number of benzene rings is 1. The number of hydrogen-bond donors (Lipinski definition) is 2. The van der Waals surface area contributed by atoms with Gasteiger partial charge in [-0.15, -0.1) is 13.2 Å². The number of halogens is 3. The van der Waals surface area contributed by atoms with Gasteiger partial charge in [0, 0.05) is 31.6 Å². The highest BCUT2D eigenvalue weighted by atomic mass is 19.4. The molecule has 2 saturated carbocycles. The highest BCUT2D eigenvalue weighted by molar-refractivity contribution is 5.94. The molecule has 188 valence electrons. The third-order valence-electron chi connectivity index (χ3n) is 6.66. The summed E-state index contributed by atoms with van der Waals surface area (Å²) in [5, 5.41) is 14.5. The van der Waals surface area contributed by atoms with Gasteiger partial charge in [-0.05, 0) is 56.6 Å². The molecule has 8 nitrogen and oxygen atoms in total. The van der Waals surface area contributed by atoms with Gasteiger partial charge < -0.3 is 20.3 Å². The Labute approximate surface area is 200 Å². The zero-order valence-corrected chi connectivity index (χ0v) is 19.1. The van der Waals surface area contributed by atoms with Crippen molar-refractivity contribution >= 4 is 17.7 Å². The lowest BCUT2D eigenvalue weighted by Crippen LogP contribution is -2.54. The van der Waals surface area contributed by atoms with Gasteiger partial charge >= 0.3 is 6.36 Å². The van der Waals surface area contributed by atoms with Crippen molar-refractivity contribution in [1.82, 2.24) is 15.5 Å². The van der Waals surface area contributed by atoms with Gasteiger partial charge in [-0.3, -0.25) is 14.4 Å². The summed E-state index contributed by atoms with van der Waals surface area (Å²) in [5.74, 6) is -1.31. The number of amides is 3. The zero-order chi connectivity index (χ0) is 25.2. The van der Waals surface area contributed by atoms with Gasteiger partial charge in [0.25, 0.3) is 0 Å². The summed E-state index contributed by atoms with van der Waals surface area (Å²) in [6, 6.07) is 5.38. The Hall–Kier alpha value is -3.29.